The zero-order valence-electron chi connectivity index (χ0n) is 14.0. The summed E-state index contributed by atoms with van der Waals surface area (Å²) in [5.41, 5.74) is 18.6. The number of aliphatic hydroxyl groups is 3. The summed E-state index contributed by atoms with van der Waals surface area (Å²) in [7, 11) is 0. The van der Waals surface area contributed by atoms with Crippen molar-refractivity contribution in [2.45, 2.75) is 101 Å². The van der Waals surface area contributed by atoms with E-state index in [1.165, 1.54) is 0 Å². The molecule has 0 bridgehead atoms. The van der Waals surface area contributed by atoms with Gasteiger partial charge in [0, 0.05) is 14.7 Å². The molecule has 3 heterocycles. The minimum absolute atomic E-state index is 0. The van der Waals surface area contributed by atoms with E-state index in [0.29, 0.717) is 0 Å². The number of nitrogens with zero attached hydrogens (tertiary/aromatic N) is 9. The predicted molar refractivity (Wildman–Crippen MR) is 146 cm³/mol. The average molecular weight is 528 g/mol. The van der Waals surface area contributed by atoms with E-state index in [9.17, 15) is 15.3 Å². The Bertz CT molecular complexity index is 729. The standard InChI is InChI=1S/C12H17N9O6.9CH4/c13-19-16-1-9(22)4-25-7(9)12(11(24,6-27-12)3-18-21-15)8-10(23,5-26-8)2-17-20-14;;;;;;;;;/h7-8,22-24H,1-6H2;9*1H4. The van der Waals surface area contributed by atoms with Crippen molar-refractivity contribution in [3.05, 3.63) is 31.3 Å². The lowest BCUT2D eigenvalue weighted by molar-refractivity contribution is -0.450. The Morgan fingerprint density at radius 2 is 0.944 bits per heavy atom. The van der Waals surface area contributed by atoms with Crippen LogP contribution in [0.15, 0.2) is 15.3 Å². The Morgan fingerprint density at radius 3 is 1.17 bits per heavy atom. The molecule has 3 rings (SSSR count). The molecule has 36 heavy (non-hydrogen) atoms. The van der Waals surface area contributed by atoms with Crippen LogP contribution in [0.1, 0.15) is 66.8 Å². The lowest BCUT2D eigenvalue weighted by Gasteiger charge is -2.69. The highest BCUT2D eigenvalue weighted by Crippen LogP contribution is 2.55. The van der Waals surface area contributed by atoms with Crippen LogP contribution in [0.5, 0.6) is 0 Å². The normalized spacial score (nSPS) is 33.8. The van der Waals surface area contributed by atoms with E-state index in [4.69, 9.17) is 30.8 Å². The van der Waals surface area contributed by atoms with Crippen molar-refractivity contribution >= 4 is 0 Å². The monoisotopic (exact) mass is 527 g/mol. The molecule has 5 unspecified atom stereocenters. The molecule has 0 spiro atoms. The second kappa shape index (κ2) is 18.0. The number of rotatable bonds is 8. The molecule has 0 saturated carbocycles. The molecule has 3 aliphatic heterocycles. The minimum atomic E-state index is -1.84. The number of hydrogen-bond acceptors (Lipinski definition) is 9. The molecule has 0 aliphatic carbocycles. The van der Waals surface area contributed by atoms with E-state index in [1.807, 2.05) is 0 Å². The Balaban J connectivity index is -0.000000187. The van der Waals surface area contributed by atoms with Crippen LogP contribution in [-0.2, 0) is 14.2 Å². The van der Waals surface area contributed by atoms with Crippen LogP contribution in [0.25, 0.3) is 31.3 Å². The van der Waals surface area contributed by atoms with Gasteiger partial charge in [0.1, 0.15) is 29.0 Å². The van der Waals surface area contributed by atoms with E-state index in [2.05, 4.69) is 30.1 Å². The molecular formula is C21H53N9O6. The first-order valence-corrected chi connectivity index (χ1v) is 7.89. The molecule has 0 radical (unpaired) electrons. The molecule has 15 heteroatoms. The highest BCUT2D eigenvalue weighted by atomic mass is 16.7. The Labute approximate surface area is 217 Å². The highest BCUT2D eigenvalue weighted by Gasteiger charge is 2.79. The maximum atomic E-state index is 11.1. The SMILES string of the molecule is C.C.C.C.C.C.C.C.C.[N-]=[N+]=NCC1(O)COC1C1(C2OCC2(O)CN=[N+]=[N-])OCC1(O)CN=[N+]=[N-]. The molecule has 0 aromatic heterocycles. The fourth-order valence-corrected chi connectivity index (χ4v) is 3.83. The molecule has 5 atom stereocenters. The Kier molecular flexibility index (Phi) is 25.3. The summed E-state index contributed by atoms with van der Waals surface area (Å²) in [6.07, 6.45) is -2.52. The quantitative estimate of drug-likeness (QED) is 0.212. The third-order valence-corrected chi connectivity index (χ3v) is 5.24. The van der Waals surface area contributed by atoms with E-state index < -0.39 is 41.2 Å². The molecule has 0 aromatic rings. The van der Waals surface area contributed by atoms with Crippen LogP contribution < -0.4 is 0 Å². The van der Waals surface area contributed by atoms with Crippen LogP contribution in [-0.4, -0.2) is 89.4 Å². The summed E-state index contributed by atoms with van der Waals surface area (Å²) >= 11 is 0. The fourth-order valence-electron chi connectivity index (χ4n) is 3.83. The van der Waals surface area contributed by atoms with Crippen molar-refractivity contribution in [3.63, 3.8) is 0 Å². The van der Waals surface area contributed by atoms with Crippen LogP contribution in [0, 0.1) is 0 Å². The first-order valence-electron chi connectivity index (χ1n) is 7.89. The van der Waals surface area contributed by atoms with E-state index in [0.717, 1.165) is 0 Å². The van der Waals surface area contributed by atoms with Crippen molar-refractivity contribution < 1.29 is 29.5 Å². The van der Waals surface area contributed by atoms with Crippen molar-refractivity contribution in [2.24, 2.45) is 15.3 Å². The predicted octanol–water partition coefficient (Wildman–Crippen LogP) is 5.40. The minimum Gasteiger partial charge on any atom is -0.384 e. The summed E-state index contributed by atoms with van der Waals surface area (Å²) in [4.78, 5) is 7.82. The van der Waals surface area contributed by atoms with Crippen molar-refractivity contribution in [3.8, 4) is 0 Å². The molecule has 3 N–H and O–H groups in total. The van der Waals surface area contributed by atoms with Crippen LogP contribution in [0.2, 0.25) is 0 Å². The first kappa shape index (κ1) is 50.5. The first-order chi connectivity index (χ1) is 12.8. The maximum Gasteiger partial charge on any atom is 0.157 e. The summed E-state index contributed by atoms with van der Waals surface area (Å²) in [6, 6.07) is 0. The zero-order valence-corrected chi connectivity index (χ0v) is 14.0. The van der Waals surface area contributed by atoms with Gasteiger partial charge in [-0.3, -0.25) is 0 Å². The highest BCUT2D eigenvalue weighted by molar-refractivity contribution is 5.29. The van der Waals surface area contributed by atoms with Gasteiger partial charge in [0.2, 0.25) is 0 Å². The molecular weight excluding hydrogens is 474 g/mol. The van der Waals surface area contributed by atoms with Crippen LogP contribution in [0.4, 0.5) is 0 Å². The van der Waals surface area contributed by atoms with Gasteiger partial charge in [-0.2, -0.15) is 0 Å². The average Bonchev–Trinajstić information content (AvgIpc) is 2.64. The van der Waals surface area contributed by atoms with E-state index in [1.54, 1.807) is 0 Å². The van der Waals surface area contributed by atoms with E-state index in [-0.39, 0.29) is 99.8 Å². The molecule has 0 amide bonds. The Hall–Kier alpha value is -2.31. The van der Waals surface area contributed by atoms with Crippen molar-refractivity contribution in [1.82, 2.24) is 0 Å². The van der Waals surface area contributed by atoms with Gasteiger partial charge >= 0.3 is 0 Å². The molecule has 3 fully saturated rings. The molecule has 15 nitrogen and oxygen atoms in total. The van der Waals surface area contributed by atoms with Gasteiger partial charge in [-0.25, -0.2) is 0 Å². The molecule has 218 valence electrons. The lowest BCUT2D eigenvalue weighted by atomic mass is 9.59. The second-order valence-electron chi connectivity index (χ2n) is 6.87. The smallest absolute Gasteiger partial charge is 0.157 e. The topological polar surface area (TPSA) is 235 Å². The van der Waals surface area contributed by atoms with Crippen molar-refractivity contribution in [2.75, 3.05) is 39.5 Å². The third kappa shape index (κ3) is 7.13. The number of hydrogen-bond donors (Lipinski definition) is 3. The second-order valence-corrected chi connectivity index (χ2v) is 6.87. The lowest BCUT2D eigenvalue weighted by Crippen LogP contribution is -2.91. The van der Waals surface area contributed by atoms with Gasteiger partial charge < -0.3 is 29.5 Å². The molecule has 0 aromatic carbocycles. The fraction of sp³-hybridized carbons (Fsp3) is 1.00. The largest absolute Gasteiger partial charge is 0.384 e. The van der Waals surface area contributed by atoms with Crippen LogP contribution >= 0.6 is 0 Å². The van der Waals surface area contributed by atoms with Gasteiger partial charge in [0.05, 0.1) is 39.5 Å². The van der Waals surface area contributed by atoms with Gasteiger partial charge in [0.15, 0.2) is 5.60 Å². The van der Waals surface area contributed by atoms with Crippen molar-refractivity contribution in [1.29, 1.82) is 0 Å². The molecule has 3 saturated heterocycles. The van der Waals surface area contributed by atoms with E-state index >= 15 is 0 Å². The van der Waals surface area contributed by atoms with Crippen LogP contribution in [0.3, 0.4) is 0 Å². The van der Waals surface area contributed by atoms with Gasteiger partial charge in [-0.1, -0.05) is 82.2 Å². The summed E-state index contributed by atoms with van der Waals surface area (Å²) in [5.74, 6) is 0. The summed E-state index contributed by atoms with van der Waals surface area (Å²) < 4.78 is 16.5. The third-order valence-electron chi connectivity index (χ3n) is 5.24. The number of azide groups is 3. The summed E-state index contributed by atoms with van der Waals surface area (Å²) in [6.45, 7) is -1.89. The zero-order chi connectivity index (χ0) is 19.8. The summed E-state index contributed by atoms with van der Waals surface area (Å²) in [5, 5.41) is 42.7. The molecule has 3 aliphatic rings. The van der Waals surface area contributed by atoms with Gasteiger partial charge in [-0.05, 0) is 16.6 Å². The van der Waals surface area contributed by atoms with Gasteiger partial charge in [0.25, 0.3) is 0 Å². The Morgan fingerprint density at radius 1 is 0.611 bits per heavy atom. The van der Waals surface area contributed by atoms with Gasteiger partial charge in [-0.15, -0.1) is 0 Å². The maximum absolute atomic E-state index is 11.1. The number of ether oxygens (including phenoxy) is 3.